The zero-order valence-electron chi connectivity index (χ0n) is 7.70. The van der Waals surface area contributed by atoms with E-state index in [1.165, 1.54) is 0 Å². The van der Waals surface area contributed by atoms with Gasteiger partial charge >= 0.3 is 0 Å². The summed E-state index contributed by atoms with van der Waals surface area (Å²) >= 11 is 0. The number of aliphatic hydroxyl groups is 1. The Bertz CT molecular complexity index is 423. The Hall–Kier alpha value is -1.25. The van der Waals surface area contributed by atoms with Gasteiger partial charge in [0.05, 0.1) is 12.6 Å². The number of nitrogens with one attached hydrogen (secondary N) is 1. The van der Waals surface area contributed by atoms with Crippen LogP contribution < -0.4 is 5.32 Å². The van der Waals surface area contributed by atoms with Crippen LogP contribution >= 0.6 is 0 Å². The molecule has 3 aliphatic heterocycles. The predicted molar refractivity (Wildman–Crippen MR) is 44.7 cm³/mol. The van der Waals surface area contributed by atoms with E-state index >= 15 is 0 Å². The summed E-state index contributed by atoms with van der Waals surface area (Å²) < 4.78 is 12.6. The largest absolute Gasteiger partial charge is 0.366 e. The van der Waals surface area contributed by atoms with Crippen LogP contribution in [0.4, 0.5) is 5.95 Å². The van der Waals surface area contributed by atoms with E-state index in [9.17, 15) is 5.11 Å². The summed E-state index contributed by atoms with van der Waals surface area (Å²) in [6, 6.07) is -0.0556. The molecule has 2 fully saturated rings. The molecule has 4 rings (SSSR count). The van der Waals surface area contributed by atoms with Crippen LogP contribution in [0.25, 0.3) is 0 Å². The third-order valence-electron chi connectivity index (χ3n) is 3.18. The minimum atomic E-state index is -1.21. The van der Waals surface area contributed by atoms with Crippen molar-refractivity contribution in [3.63, 3.8) is 0 Å². The molecule has 2 saturated heterocycles. The van der Waals surface area contributed by atoms with E-state index in [0.717, 1.165) is 0 Å². The van der Waals surface area contributed by atoms with Gasteiger partial charge in [0.1, 0.15) is 6.10 Å². The number of hydrogen-bond donors (Lipinski definition) is 2. The molecule has 0 saturated carbocycles. The average molecular weight is 211 g/mol. The fourth-order valence-electron chi connectivity index (χ4n) is 2.47. The van der Waals surface area contributed by atoms with Crippen molar-refractivity contribution in [3.05, 3.63) is 0 Å². The SMILES string of the molecule is O[C@]12C[C@@H](C3CO[C@@H]1O3)n1nnnc1N2. The molecule has 1 aromatic heterocycles. The van der Waals surface area contributed by atoms with Crippen molar-refractivity contribution in [1.29, 1.82) is 0 Å². The highest BCUT2D eigenvalue weighted by molar-refractivity contribution is 5.32. The first kappa shape index (κ1) is 7.97. The van der Waals surface area contributed by atoms with Gasteiger partial charge in [0.2, 0.25) is 12.2 Å². The zero-order valence-corrected chi connectivity index (χ0v) is 7.70. The van der Waals surface area contributed by atoms with Crippen molar-refractivity contribution in [1.82, 2.24) is 20.2 Å². The molecule has 8 heteroatoms. The van der Waals surface area contributed by atoms with Gasteiger partial charge in [-0.15, -0.1) is 0 Å². The van der Waals surface area contributed by atoms with E-state index in [0.29, 0.717) is 19.0 Å². The molecule has 1 unspecified atom stereocenters. The Morgan fingerprint density at radius 3 is 3.47 bits per heavy atom. The zero-order chi connectivity index (χ0) is 10.0. The highest BCUT2D eigenvalue weighted by atomic mass is 16.7. The number of rotatable bonds is 0. The maximum atomic E-state index is 10.3. The molecule has 0 spiro atoms. The third kappa shape index (κ3) is 0.845. The van der Waals surface area contributed by atoms with Crippen molar-refractivity contribution in [2.45, 2.75) is 30.6 Å². The van der Waals surface area contributed by atoms with E-state index in [1.807, 2.05) is 0 Å². The first-order valence-corrected chi connectivity index (χ1v) is 4.82. The Morgan fingerprint density at radius 2 is 2.53 bits per heavy atom. The van der Waals surface area contributed by atoms with Crippen LogP contribution in [0.5, 0.6) is 0 Å². The second-order valence-electron chi connectivity index (χ2n) is 4.11. The van der Waals surface area contributed by atoms with Crippen molar-refractivity contribution in [2.24, 2.45) is 0 Å². The second-order valence-corrected chi connectivity index (χ2v) is 4.11. The Morgan fingerprint density at radius 1 is 1.60 bits per heavy atom. The van der Waals surface area contributed by atoms with Gasteiger partial charge in [0.25, 0.3) is 0 Å². The predicted octanol–water partition coefficient (Wildman–Crippen LogP) is -1.53. The topological polar surface area (TPSA) is 94.3 Å². The molecule has 80 valence electrons. The number of tetrazole rings is 1. The van der Waals surface area contributed by atoms with Crippen LogP contribution in [-0.2, 0) is 9.47 Å². The van der Waals surface area contributed by atoms with Crippen molar-refractivity contribution in [3.8, 4) is 0 Å². The van der Waals surface area contributed by atoms with Gasteiger partial charge in [0.15, 0.2) is 5.72 Å². The van der Waals surface area contributed by atoms with E-state index < -0.39 is 12.0 Å². The maximum absolute atomic E-state index is 10.3. The fourth-order valence-corrected chi connectivity index (χ4v) is 2.47. The number of anilines is 1. The highest BCUT2D eigenvalue weighted by Gasteiger charge is 2.57. The normalized spacial score (nSPS) is 46.1. The van der Waals surface area contributed by atoms with E-state index in [-0.39, 0.29) is 12.1 Å². The van der Waals surface area contributed by atoms with Gasteiger partial charge in [-0.25, -0.2) is 4.68 Å². The molecule has 15 heavy (non-hydrogen) atoms. The lowest BCUT2D eigenvalue weighted by Gasteiger charge is -2.43. The van der Waals surface area contributed by atoms with Gasteiger partial charge < -0.3 is 19.9 Å². The Balaban J connectivity index is 1.89. The summed E-state index contributed by atoms with van der Waals surface area (Å²) in [5, 5.41) is 24.4. The Kier molecular flexibility index (Phi) is 1.21. The van der Waals surface area contributed by atoms with Crippen LogP contribution in [0.1, 0.15) is 12.5 Å². The van der Waals surface area contributed by atoms with Gasteiger partial charge in [-0.05, 0) is 10.4 Å². The van der Waals surface area contributed by atoms with Crippen LogP contribution in [0, 0.1) is 0 Å². The summed E-state index contributed by atoms with van der Waals surface area (Å²) in [7, 11) is 0. The molecule has 0 radical (unpaired) electrons. The molecule has 8 nitrogen and oxygen atoms in total. The van der Waals surface area contributed by atoms with Crippen LogP contribution in [0.3, 0.4) is 0 Å². The number of fused-ring (bicyclic) bond motifs is 8. The molecule has 0 aromatic carbocycles. The standard InChI is InChI=1S/C7H9N5O3/c13-7-1-3(4-2-14-5(7)15-4)12-6(8-7)9-10-11-12/h3-5,13H,1-2H2,(H,8,9,11)/t3-,4?,5+,7+/m0/s1. The first-order valence-electron chi connectivity index (χ1n) is 4.82. The van der Waals surface area contributed by atoms with E-state index in [1.54, 1.807) is 4.68 Å². The fraction of sp³-hybridized carbons (Fsp3) is 0.857. The maximum Gasteiger partial charge on any atom is 0.245 e. The molecule has 0 amide bonds. The minimum Gasteiger partial charge on any atom is -0.366 e. The second kappa shape index (κ2) is 2.29. The molecule has 4 bridgehead atoms. The van der Waals surface area contributed by atoms with Crippen LogP contribution in [-0.4, -0.2) is 50.0 Å². The van der Waals surface area contributed by atoms with Crippen LogP contribution in [0.15, 0.2) is 0 Å². The van der Waals surface area contributed by atoms with Gasteiger partial charge in [-0.3, -0.25) is 0 Å². The highest BCUT2D eigenvalue weighted by Crippen LogP contribution is 2.44. The lowest BCUT2D eigenvalue weighted by atomic mass is 9.95. The van der Waals surface area contributed by atoms with Crippen LogP contribution in [0.2, 0.25) is 0 Å². The van der Waals surface area contributed by atoms with E-state index in [2.05, 4.69) is 20.8 Å². The summed E-state index contributed by atoms with van der Waals surface area (Å²) in [5.41, 5.74) is -1.21. The summed E-state index contributed by atoms with van der Waals surface area (Å²) in [6.45, 7) is 0.471. The van der Waals surface area contributed by atoms with Gasteiger partial charge in [0, 0.05) is 6.42 Å². The third-order valence-corrected chi connectivity index (χ3v) is 3.18. The minimum absolute atomic E-state index is 0.0556. The first-order chi connectivity index (χ1) is 7.26. The molecule has 4 atom stereocenters. The van der Waals surface area contributed by atoms with Crippen molar-refractivity contribution >= 4 is 5.95 Å². The summed E-state index contributed by atoms with van der Waals surface area (Å²) in [5.74, 6) is 0.470. The van der Waals surface area contributed by atoms with Crippen molar-refractivity contribution in [2.75, 3.05) is 11.9 Å². The lowest BCUT2D eigenvalue weighted by molar-refractivity contribution is -0.215. The smallest absolute Gasteiger partial charge is 0.245 e. The monoisotopic (exact) mass is 211 g/mol. The van der Waals surface area contributed by atoms with E-state index in [4.69, 9.17) is 9.47 Å². The lowest BCUT2D eigenvalue weighted by Crippen LogP contribution is -2.58. The number of hydrogen-bond acceptors (Lipinski definition) is 7. The molecule has 2 N–H and O–H groups in total. The number of nitrogens with zero attached hydrogens (tertiary/aromatic N) is 4. The molecule has 1 aromatic rings. The molecular formula is C7H9N5O3. The Labute approximate surface area is 84.2 Å². The quantitative estimate of drug-likeness (QED) is 0.537. The summed E-state index contributed by atoms with van der Waals surface area (Å²) in [4.78, 5) is 0. The molecular weight excluding hydrogens is 202 g/mol. The molecule has 3 aliphatic rings. The molecule has 4 heterocycles. The molecule has 0 aliphatic carbocycles. The van der Waals surface area contributed by atoms with Gasteiger partial charge in [-0.1, -0.05) is 5.10 Å². The number of ether oxygens (including phenoxy) is 2. The average Bonchev–Trinajstić information content (AvgIpc) is 2.80. The van der Waals surface area contributed by atoms with Gasteiger partial charge in [-0.2, -0.15) is 0 Å². The summed E-state index contributed by atoms with van der Waals surface area (Å²) in [6.07, 6.45) is -0.191. The van der Waals surface area contributed by atoms with Crippen molar-refractivity contribution < 1.29 is 14.6 Å². The number of aromatic nitrogens is 4.